The molecule has 116 valence electrons. The standard InChI is InChI=1S/C12H13ClN6O3/c13-10-2-1-9(22-10)12(21)18-5-3-17(4-6-18)11(20)7-19-8-14-15-16-19/h1-2,8H,3-7H2. The highest BCUT2D eigenvalue weighted by Gasteiger charge is 2.26. The first-order chi connectivity index (χ1) is 10.6. The van der Waals surface area contributed by atoms with Crippen molar-refractivity contribution in [1.82, 2.24) is 30.0 Å². The Labute approximate surface area is 130 Å². The van der Waals surface area contributed by atoms with E-state index in [1.165, 1.54) is 17.1 Å². The molecule has 3 rings (SSSR count). The van der Waals surface area contributed by atoms with Crippen molar-refractivity contribution in [3.8, 4) is 0 Å². The molecule has 0 bridgehead atoms. The van der Waals surface area contributed by atoms with E-state index < -0.39 is 0 Å². The molecule has 0 atom stereocenters. The van der Waals surface area contributed by atoms with E-state index in [4.69, 9.17) is 16.0 Å². The fourth-order valence-electron chi connectivity index (χ4n) is 2.24. The molecular formula is C12H13ClN6O3. The Morgan fingerprint density at radius 3 is 2.50 bits per heavy atom. The highest BCUT2D eigenvalue weighted by Crippen LogP contribution is 2.16. The van der Waals surface area contributed by atoms with Crippen molar-refractivity contribution >= 4 is 23.4 Å². The molecule has 0 radical (unpaired) electrons. The average molecular weight is 325 g/mol. The van der Waals surface area contributed by atoms with Crippen molar-refractivity contribution in [1.29, 1.82) is 0 Å². The molecule has 0 aromatic carbocycles. The van der Waals surface area contributed by atoms with Crippen molar-refractivity contribution in [2.75, 3.05) is 26.2 Å². The number of carbonyl (C=O) groups excluding carboxylic acids is 2. The number of hydrogen-bond acceptors (Lipinski definition) is 6. The molecule has 0 aliphatic carbocycles. The second-order valence-corrected chi connectivity index (χ2v) is 5.16. The van der Waals surface area contributed by atoms with Crippen LogP contribution in [0.4, 0.5) is 0 Å². The summed E-state index contributed by atoms with van der Waals surface area (Å²) in [5, 5.41) is 10.8. The van der Waals surface area contributed by atoms with Crippen LogP contribution in [-0.4, -0.2) is 68.0 Å². The van der Waals surface area contributed by atoms with Gasteiger partial charge in [0.15, 0.2) is 11.0 Å². The van der Waals surface area contributed by atoms with Gasteiger partial charge in [0.1, 0.15) is 12.9 Å². The molecule has 0 N–H and O–H groups in total. The minimum absolute atomic E-state index is 0.0829. The maximum atomic E-state index is 12.2. The third-order valence-corrected chi connectivity index (χ3v) is 3.60. The topological polar surface area (TPSA) is 97.4 Å². The van der Waals surface area contributed by atoms with Crippen LogP contribution < -0.4 is 0 Å². The first-order valence-corrected chi connectivity index (χ1v) is 7.04. The summed E-state index contributed by atoms with van der Waals surface area (Å²) in [6.45, 7) is 1.90. The lowest BCUT2D eigenvalue weighted by Crippen LogP contribution is -2.51. The zero-order valence-electron chi connectivity index (χ0n) is 11.6. The van der Waals surface area contributed by atoms with E-state index in [-0.39, 0.29) is 29.3 Å². The number of halogens is 1. The van der Waals surface area contributed by atoms with Gasteiger partial charge in [0.05, 0.1) is 0 Å². The van der Waals surface area contributed by atoms with Gasteiger partial charge in [-0.3, -0.25) is 9.59 Å². The number of rotatable bonds is 3. The van der Waals surface area contributed by atoms with Crippen molar-refractivity contribution in [2.24, 2.45) is 0 Å². The lowest BCUT2D eigenvalue weighted by Gasteiger charge is -2.34. The summed E-state index contributed by atoms with van der Waals surface area (Å²) in [7, 11) is 0. The third-order valence-electron chi connectivity index (χ3n) is 3.39. The zero-order chi connectivity index (χ0) is 15.5. The summed E-state index contributed by atoms with van der Waals surface area (Å²) >= 11 is 5.67. The van der Waals surface area contributed by atoms with Crippen LogP contribution in [0.5, 0.6) is 0 Å². The van der Waals surface area contributed by atoms with Crippen molar-refractivity contribution in [3.05, 3.63) is 29.4 Å². The average Bonchev–Trinajstić information content (AvgIpc) is 3.18. The van der Waals surface area contributed by atoms with Crippen LogP contribution in [0.15, 0.2) is 22.9 Å². The van der Waals surface area contributed by atoms with Crippen LogP contribution >= 0.6 is 11.6 Å². The molecule has 1 aliphatic rings. The van der Waals surface area contributed by atoms with Crippen LogP contribution in [0.3, 0.4) is 0 Å². The van der Waals surface area contributed by atoms with E-state index in [0.29, 0.717) is 26.2 Å². The predicted octanol–water partition coefficient (Wildman–Crippen LogP) is -0.0959. The molecular weight excluding hydrogens is 312 g/mol. The monoisotopic (exact) mass is 324 g/mol. The molecule has 1 fully saturated rings. The smallest absolute Gasteiger partial charge is 0.289 e. The van der Waals surface area contributed by atoms with Crippen LogP contribution in [0.25, 0.3) is 0 Å². The lowest BCUT2D eigenvalue weighted by atomic mass is 10.3. The van der Waals surface area contributed by atoms with Gasteiger partial charge in [-0.25, -0.2) is 4.68 Å². The quantitative estimate of drug-likeness (QED) is 0.782. The summed E-state index contributed by atoms with van der Waals surface area (Å²) in [6.07, 6.45) is 1.39. The van der Waals surface area contributed by atoms with E-state index in [1.807, 2.05) is 0 Å². The van der Waals surface area contributed by atoms with Crippen LogP contribution in [-0.2, 0) is 11.3 Å². The maximum absolute atomic E-state index is 12.2. The Morgan fingerprint density at radius 2 is 1.91 bits per heavy atom. The highest BCUT2D eigenvalue weighted by atomic mass is 35.5. The molecule has 0 saturated carbocycles. The minimum Gasteiger partial charge on any atom is -0.440 e. The Morgan fingerprint density at radius 1 is 1.18 bits per heavy atom. The van der Waals surface area contributed by atoms with Crippen molar-refractivity contribution in [3.63, 3.8) is 0 Å². The Balaban J connectivity index is 1.54. The van der Waals surface area contributed by atoms with Gasteiger partial charge in [-0.15, -0.1) is 5.10 Å². The van der Waals surface area contributed by atoms with Gasteiger partial charge < -0.3 is 14.2 Å². The molecule has 1 aliphatic heterocycles. The second kappa shape index (κ2) is 6.14. The first kappa shape index (κ1) is 14.5. The third kappa shape index (κ3) is 3.08. The number of piperazine rings is 1. The Kier molecular flexibility index (Phi) is 4.05. The van der Waals surface area contributed by atoms with E-state index in [1.54, 1.807) is 15.9 Å². The number of nitrogens with zero attached hydrogens (tertiary/aromatic N) is 6. The second-order valence-electron chi connectivity index (χ2n) is 4.78. The SMILES string of the molecule is O=C(Cn1cnnn1)N1CCN(C(=O)c2ccc(Cl)o2)CC1. The minimum atomic E-state index is -0.223. The molecule has 9 nitrogen and oxygen atoms in total. The highest BCUT2D eigenvalue weighted by molar-refractivity contribution is 6.29. The molecule has 0 spiro atoms. The first-order valence-electron chi connectivity index (χ1n) is 6.66. The van der Waals surface area contributed by atoms with Crippen molar-refractivity contribution < 1.29 is 14.0 Å². The largest absolute Gasteiger partial charge is 0.440 e. The van der Waals surface area contributed by atoms with Gasteiger partial charge in [0.2, 0.25) is 5.91 Å². The van der Waals surface area contributed by atoms with E-state index in [9.17, 15) is 9.59 Å². The van der Waals surface area contributed by atoms with Gasteiger partial charge in [-0.2, -0.15) is 0 Å². The molecule has 2 amide bonds. The van der Waals surface area contributed by atoms with Crippen LogP contribution in [0.2, 0.25) is 5.22 Å². The van der Waals surface area contributed by atoms with Gasteiger partial charge in [-0.1, -0.05) is 0 Å². The number of tetrazole rings is 1. The number of furan rings is 1. The van der Waals surface area contributed by atoms with Gasteiger partial charge in [0.25, 0.3) is 5.91 Å². The lowest BCUT2D eigenvalue weighted by molar-refractivity contribution is -0.133. The summed E-state index contributed by atoms with van der Waals surface area (Å²) < 4.78 is 6.48. The van der Waals surface area contributed by atoms with E-state index in [0.717, 1.165) is 0 Å². The maximum Gasteiger partial charge on any atom is 0.289 e. The van der Waals surface area contributed by atoms with Crippen LogP contribution in [0.1, 0.15) is 10.6 Å². The van der Waals surface area contributed by atoms with Crippen molar-refractivity contribution in [2.45, 2.75) is 6.54 Å². The molecule has 22 heavy (non-hydrogen) atoms. The zero-order valence-corrected chi connectivity index (χ0v) is 12.3. The molecule has 10 heteroatoms. The normalized spacial score (nSPS) is 15.1. The number of amides is 2. The number of hydrogen-bond donors (Lipinski definition) is 0. The number of carbonyl (C=O) groups is 2. The Hall–Kier alpha value is -2.42. The summed E-state index contributed by atoms with van der Waals surface area (Å²) in [6, 6.07) is 3.07. The summed E-state index contributed by atoms with van der Waals surface area (Å²) in [5.41, 5.74) is 0. The molecule has 2 aromatic rings. The predicted molar refractivity (Wildman–Crippen MR) is 74.0 cm³/mol. The Bertz CT molecular complexity index is 662. The number of aromatic nitrogens is 4. The summed E-state index contributed by atoms with van der Waals surface area (Å²) in [5.74, 6) is -0.0987. The van der Waals surface area contributed by atoms with Gasteiger partial charge >= 0.3 is 0 Å². The van der Waals surface area contributed by atoms with Gasteiger partial charge in [0, 0.05) is 26.2 Å². The van der Waals surface area contributed by atoms with Crippen LogP contribution in [0, 0.1) is 0 Å². The molecule has 0 unspecified atom stereocenters. The molecule has 1 saturated heterocycles. The fraction of sp³-hybridized carbons (Fsp3) is 0.417. The van der Waals surface area contributed by atoms with E-state index in [2.05, 4.69) is 15.5 Å². The fourth-order valence-corrected chi connectivity index (χ4v) is 2.38. The molecule has 3 heterocycles. The van der Waals surface area contributed by atoms with Gasteiger partial charge in [-0.05, 0) is 34.2 Å². The molecule has 2 aromatic heterocycles. The summed E-state index contributed by atoms with van der Waals surface area (Å²) in [4.78, 5) is 27.6. The van der Waals surface area contributed by atoms with E-state index >= 15 is 0 Å².